The number of aryl methyl sites for hydroxylation is 1. The lowest BCUT2D eigenvalue weighted by Crippen LogP contribution is -2.21. The van der Waals surface area contributed by atoms with Crippen LogP contribution in [0.15, 0.2) is 34.8 Å². The van der Waals surface area contributed by atoms with Crippen LogP contribution in [0.1, 0.15) is 28.9 Å². The molecule has 1 aliphatic heterocycles. The second kappa shape index (κ2) is 6.44. The molecule has 0 atom stereocenters. The Morgan fingerprint density at radius 2 is 1.95 bits per heavy atom. The number of amides is 1. The van der Waals surface area contributed by atoms with E-state index in [1.54, 1.807) is 6.07 Å². The molecule has 1 saturated heterocycles. The highest BCUT2D eigenvalue weighted by Crippen LogP contribution is 2.21. The number of nitrogens with zero attached hydrogens (tertiary/aromatic N) is 3. The maximum Gasteiger partial charge on any atom is 0.276 e. The lowest BCUT2D eigenvalue weighted by molar-refractivity contribution is 0.102. The second-order valence-electron chi connectivity index (χ2n) is 5.39. The molecule has 1 aromatic carbocycles. The van der Waals surface area contributed by atoms with Crippen LogP contribution in [-0.2, 0) is 0 Å². The van der Waals surface area contributed by atoms with Crippen molar-refractivity contribution in [3.63, 3.8) is 0 Å². The van der Waals surface area contributed by atoms with Crippen LogP contribution in [0.25, 0.3) is 0 Å². The van der Waals surface area contributed by atoms with Crippen molar-refractivity contribution in [2.75, 3.05) is 23.3 Å². The predicted octanol–water partition coefficient (Wildman–Crippen LogP) is 3.40. The van der Waals surface area contributed by atoms with Crippen LogP contribution in [-0.4, -0.2) is 29.2 Å². The third-order valence-corrected chi connectivity index (χ3v) is 4.62. The van der Waals surface area contributed by atoms with Crippen LogP contribution in [0.2, 0.25) is 0 Å². The minimum atomic E-state index is -0.248. The van der Waals surface area contributed by atoms with Crippen LogP contribution in [0.4, 0.5) is 11.5 Å². The quantitative estimate of drug-likeness (QED) is 0.911. The number of carbonyl (C=O) groups is 1. The zero-order valence-electron chi connectivity index (χ0n) is 12.3. The average Bonchev–Trinajstić information content (AvgIpc) is 3.05. The molecule has 1 fully saturated rings. The lowest BCUT2D eigenvalue weighted by atomic mass is 10.2. The molecule has 1 N–H and O–H groups in total. The highest BCUT2D eigenvalue weighted by atomic mass is 79.9. The van der Waals surface area contributed by atoms with E-state index in [0.717, 1.165) is 34.6 Å². The van der Waals surface area contributed by atoms with Crippen molar-refractivity contribution in [3.8, 4) is 0 Å². The van der Waals surface area contributed by atoms with E-state index < -0.39 is 0 Å². The summed E-state index contributed by atoms with van der Waals surface area (Å²) in [5.41, 5.74) is 2.13. The summed E-state index contributed by atoms with van der Waals surface area (Å²) in [6.07, 6.45) is 2.37. The van der Waals surface area contributed by atoms with Gasteiger partial charge in [0.25, 0.3) is 5.91 Å². The number of halogens is 1. The maximum atomic E-state index is 12.2. The van der Waals surface area contributed by atoms with Gasteiger partial charge in [-0.2, -0.15) is 0 Å². The average molecular weight is 361 g/mol. The maximum absolute atomic E-state index is 12.2. The molecule has 114 valence electrons. The molecule has 3 rings (SSSR count). The van der Waals surface area contributed by atoms with Gasteiger partial charge in [-0.1, -0.05) is 15.9 Å². The predicted molar refractivity (Wildman–Crippen MR) is 90.3 cm³/mol. The molecule has 0 aliphatic carbocycles. The SMILES string of the molecule is Cc1cc(NC(=O)c2ccc(N3CCCC3)nn2)ccc1Br. The van der Waals surface area contributed by atoms with Gasteiger partial charge in [0.2, 0.25) is 0 Å². The van der Waals surface area contributed by atoms with Gasteiger partial charge in [0.15, 0.2) is 11.5 Å². The minimum absolute atomic E-state index is 0.248. The summed E-state index contributed by atoms with van der Waals surface area (Å²) in [5, 5.41) is 11.0. The van der Waals surface area contributed by atoms with Crippen molar-refractivity contribution in [2.45, 2.75) is 19.8 Å². The molecule has 5 nitrogen and oxygen atoms in total. The van der Waals surface area contributed by atoms with Crippen LogP contribution < -0.4 is 10.2 Å². The zero-order chi connectivity index (χ0) is 15.5. The standard InChI is InChI=1S/C16H17BrN4O/c1-11-10-12(4-5-13(11)17)18-16(22)14-6-7-15(20-19-14)21-8-2-3-9-21/h4-7,10H,2-3,8-9H2,1H3,(H,18,22). The molecule has 6 heteroatoms. The van der Waals surface area contributed by atoms with E-state index in [1.165, 1.54) is 12.8 Å². The molecule has 0 radical (unpaired) electrons. The fourth-order valence-electron chi connectivity index (χ4n) is 2.48. The second-order valence-corrected chi connectivity index (χ2v) is 6.24. The first-order chi connectivity index (χ1) is 10.6. The van der Waals surface area contributed by atoms with E-state index in [-0.39, 0.29) is 5.91 Å². The highest BCUT2D eigenvalue weighted by molar-refractivity contribution is 9.10. The van der Waals surface area contributed by atoms with Crippen molar-refractivity contribution in [2.24, 2.45) is 0 Å². The van der Waals surface area contributed by atoms with E-state index in [0.29, 0.717) is 5.69 Å². The molecule has 2 aromatic rings. The first-order valence-corrected chi connectivity index (χ1v) is 8.09. The van der Waals surface area contributed by atoms with Gasteiger partial charge >= 0.3 is 0 Å². The number of anilines is 2. The summed E-state index contributed by atoms with van der Waals surface area (Å²) < 4.78 is 1.01. The molecular weight excluding hydrogens is 344 g/mol. The number of aromatic nitrogens is 2. The van der Waals surface area contributed by atoms with Crippen molar-refractivity contribution in [1.82, 2.24) is 10.2 Å². The summed E-state index contributed by atoms with van der Waals surface area (Å²) in [7, 11) is 0. The Balaban J connectivity index is 1.70. The Morgan fingerprint density at radius 3 is 2.59 bits per heavy atom. The smallest absolute Gasteiger partial charge is 0.276 e. The molecular formula is C16H17BrN4O. The number of hydrogen-bond acceptors (Lipinski definition) is 4. The Bertz CT molecular complexity index is 681. The Labute approximate surface area is 137 Å². The van der Waals surface area contributed by atoms with Crippen molar-refractivity contribution >= 4 is 33.3 Å². The molecule has 0 saturated carbocycles. The van der Waals surface area contributed by atoms with Gasteiger partial charge in [-0.3, -0.25) is 4.79 Å². The van der Waals surface area contributed by atoms with Crippen LogP contribution in [0.5, 0.6) is 0 Å². The number of carbonyl (C=O) groups excluding carboxylic acids is 1. The van der Waals surface area contributed by atoms with Gasteiger partial charge in [-0.05, 0) is 55.7 Å². The molecule has 0 bridgehead atoms. The topological polar surface area (TPSA) is 58.1 Å². The largest absolute Gasteiger partial charge is 0.355 e. The summed E-state index contributed by atoms with van der Waals surface area (Å²) in [6, 6.07) is 9.25. The number of rotatable bonds is 3. The third-order valence-electron chi connectivity index (χ3n) is 3.73. The molecule has 1 amide bonds. The van der Waals surface area contributed by atoms with Crippen LogP contribution in [0.3, 0.4) is 0 Å². The zero-order valence-corrected chi connectivity index (χ0v) is 13.9. The molecule has 1 aliphatic rings. The normalized spacial score (nSPS) is 14.2. The number of nitrogens with one attached hydrogen (secondary N) is 1. The van der Waals surface area contributed by atoms with E-state index in [1.807, 2.05) is 31.2 Å². The molecule has 22 heavy (non-hydrogen) atoms. The van der Waals surface area contributed by atoms with Gasteiger partial charge in [0, 0.05) is 23.2 Å². The van der Waals surface area contributed by atoms with E-state index in [9.17, 15) is 4.79 Å². The fourth-order valence-corrected chi connectivity index (χ4v) is 2.73. The number of hydrogen-bond donors (Lipinski definition) is 1. The van der Waals surface area contributed by atoms with Crippen LogP contribution >= 0.6 is 15.9 Å². The Morgan fingerprint density at radius 1 is 1.18 bits per heavy atom. The Kier molecular flexibility index (Phi) is 4.38. The fraction of sp³-hybridized carbons (Fsp3) is 0.312. The first-order valence-electron chi connectivity index (χ1n) is 7.30. The summed E-state index contributed by atoms with van der Waals surface area (Å²) in [6.45, 7) is 4.00. The van der Waals surface area contributed by atoms with Gasteiger partial charge in [0.1, 0.15) is 0 Å². The van der Waals surface area contributed by atoms with E-state index >= 15 is 0 Å². The van der Waals surface area contributed by atoms with Crippen molar-refractivity contribution < 1.29 is 4.79 Å². The molecule has 2 heterocycles. The first kappa shape index (κ1) is 15.0. The third kappa shape index (κ3) is 3.27. The van der Waals surface area contributed by atoms with Crippen molar-refractivity contribution in [1.29, 1.82) is 0 Å². The van der Waals surface area contributed by atoms with Gasteiger partial charge < -0.3 is 10.2 Å². The molecule has 0 unspecified atom stereocenters. The van der Waals surface area contributed by atoms with E-state index in [2.05, 4.69) is 36.3 Å². The molecule has 1 aromatic heterocycles. The molecule has 0 spiro atoms. The van der Waals surface area contributed by atoms with Gasteiger partial charge in [-0.25, -0.2) is 0 Å². The van der Waals surface area contributed by atoms with Crippen molar-refractivity contribution in [3.05, 3.63) is 46.1 Å². The minimum Gasteiger partial charge on any atom is -0.355 e. The van der Waals surface area contributed by atoms with Crippen LogP contribution in [0, 0.1) is 6.92 Å². The Hall–Kier alpha value is -1.95. The summed E-state index contributed by atoms with van der Waals surface area (Å²) in [5.74, 6) is 0.593. The van der Waals surface area contributed by atoms with Gasteiger partial charge in [-0.15, -0.1) is 10.2 Å². The van der Waals surface area contributed by atoms with E-state index in [4.69, 9.17) is 0 Å². The lowest BCUT2D eigenvalue weighted by Gasteiger charge is -2.15. The monoisotopic (exact) mass is 360 g/mol. The van der Waals surface area contributed by atoms with Gasteiger partial charge in [0.05, 0.1) is 0 Å². The highest BCUT2D eigenvalue weighted by Gasteiger charge is 2.15. The number of benzene rings is 1. The summed E-state index contributed by atoms with van der Waals surface area (Å²) in [4.78, 5) is 14.4. The summed E-state index contributed by atoms with van der Waals surface area (Å²) >= 11 is 3.44.